The maximum Gasteiger partial charge on any atom is 0.168 e. The first-order valence-electron chi connectivity index (χ1n) is 9.48. The largest absolute Gasteiger partial charge is 1.00 e. The molecule has 0 radical (unpaired) electrons. The molecule has 0 aromatic carbocycles. The number of aromatic nitrogens is 1. The average molecular weight is 386 g/mol. The second-order valence-electron chi connectivity index (χ2n) is 6.43. The molecule has 0 atom stereocenters. The molecule has 1 aromatic heterocycles. The summed E-state index contributed by atoms with van der Waals surface area (Å²) in [4.78, 5) is 0. The third-order valence-electron chi connectivity index (χ3n) is 4.35. The standard InChI is InChI=1S/C20H36NO.BrH/c22-20-16-11-9-7-5-3-1-2-4-6-8-10-13-17-21-18-14-12-15-19-21;/h12,14-15,18-19,22H,1-11,13,16-17,20H2;1H/q+1;/p-1. The number of halogens is 1. The maximum atomic E-state index is 8.70. The Kier molecular flexibility index (Phi) is 17.6. The van der Waals surface area contributed by atoms with Crippen LogP contribution in [0.15, 0.2) is 30.6 Å². The molecule has 1 rings (SSSR count). The van der Waals surface area contributed by atoms with Gasteiger partial charge in [-0.15, -0.1) is 0 Å². The van der Waals surface area contributed by atoms with Gasteiger partial charge in [-0.1, -0.05) is 70.3 Å². The van der Waals surface area contributed by atoms with Crippen LogP contribution >= 0.6 is 0 Å². The SMILES string of the molecule is OCCCCCCCCCCCCCCC[n+]1ccccc1.[Br-]. The summed E-state index contributed by atoms with van der Waals surface area (Å²) in [5.41, 5.74) is 0. The van der Waals surface area contributed by atoms with Gasteiger partial charge in [0.05, 0.1) is 0 Å². The van der Waals surface area contributed by atoms with E-state index in [1.807, 2.05) is 0 Å². The van der Waals surface area contributed by atoms with Crippen molar-refractivity contribution < 1.29 is 26.7 Å². The molecule has 0 aliphatic heterocycles. The number of rotatable bonds is 15. The zero-order chi connectivity index (χ0) is 15.7. The summed E-state index contributed by atoms with van der Waals surface area (Å²) < 4.78 is 2.28. The van der Waals surface area contributed by atoms with Crippen LogP contribution in [-0.4, -0.2) is 11.7 Å². The number of hydrogen-bond donors (Lipinski definition) is 1. The van der Waals surface area contributed by atoms with E-state index in [4.69, 9.17) is 5.11 Å². The van der Waals surface area contributed by atoms with E-state index in [0.29, 0.717) is 6.61 Å². The van der Waals surface area contributed by atoms with Gasteiger partial charge in [0.2, 0.25) is 0 Å². The summed E-state index contributed by atoms with van der Waals surface area (Å²) in [5.74, 6) is 0. The number of pyridine rings is 1. The lowest BCUT2D eigenvalue weighted by molar-refractivity contribution is -0.697. The van der Waals surface area contributed by atoms with Crippen LogP contribution in [0.5, 0.6) is 0 Å². The highest BCUT2D eigenvalue weighted by molar-refractivity contribution is 4.83. The molecule has 0 fully saturated rings. The Morgan fingerprint density at radius 1 is 0.522 bits per heavy atom. The Hall–Kier alpha value is -0.410. The third kappa shape index (κ3) is 14.9. The molecule has 2 nitrogen and oxygen atoms in total. The van der Waals surface area contributed by atoms with Gasteiger partial charge >= 0.3 is 0 Å². The molecule has 3 heteroatoms. The Labute approximate surface area is 154 Å². The lowest BCUT2D eigenvalue weighted by Gasteiger charge is -2.02. The predicted octanol–water partition coefficient (Wildman–Crippen LogP) is 2.04. The van der Waals surface area contributed by atoms with Gasteiger partial charge in [0, 0.05) is 25.2 Å². The molecule has 0 aliphatic rings. The summed E-state index contributed by atoms with van der Waals surface area (Å²) >= 11 is 0. The van der Waals surface area contributed by atoms with E-state index in [1.165, 1.54) is 77.0 Å². The first-order valence-corrected chi connectivity index (χ1v) is 9.48. The van der Waals surface area contributed by atoms with E-state index < -0.39 is 0 Å². The Balaban J connectivity index is 0.00000484. The summed E-state index contributed by atoms with van der Waals surface area (Å²) in [6.07, 6.45) is 21.7. The maximum absolute atomic E-state index is 8.70. The van der Waals surface area contributed by atoms with Gasteiger partial charge < -0.3 is 22.1 Å². The monoisotopic (exact) mass is 385 g/mol. The van der Waals surface area contributed by atoms with E-state index in [-0.39, 0.29) is 17.0 Å². The van der Waals surface area contributed by atoms with E-state index in [2.05, 4.69) is 35.2 Å². The molecular formula is C20H36BrNO. The van der Waals surface area contributed by atoms with Gasteiger partial charge in [0.15, 0.2) is 12.4 Å². The van der Waals surface area contributed by atoms with Gasteiger partial charge in [0.25, 0.3) is 0 Å². The molecule has 0 aliphatic carbocycles. The highest BCUT2D eigenvalue weighted by atomic mass is 79.9. The Morgan fingerprint density at radius 2 is 0.913 bits per heavy atom. The van der Waals surface area contributed by atoms with Crippen molar-refractivity contribution in [1.82, 2.24) is 0 Å². The highest BCUT2D eigenvalue weighted by Crippen LogP contribution is 2.12. The van der Waals surface area contributed by atoms with Crippen LogP contribution in [0.1, 0.15) is 83.5 Å². The lowest BCUT2D eigenvalue weighted by atomic mass is 10.0. The normalized spacial score (nSPS) is 10.5. The molecule has 0 unspecified atom stereocenters. The van der Waals surface area contributed by atoms with Crippen LogP contribution in [-0.2, 0) is 6.54 Å². The van der Waals surface area contributed by atoms with Gasteiger partial charge in [-0.3, -0.25) is 0 Å². The molecule has 1 heterocycles. The molecule has 134 valence electrons. The molecule has 0 spiro atoms. The number of aliphatic hydroxyl groups excluding tert-OH is 1. The summed E-state index contributed by atoms with van der Waals surface area (Å²) in [6.45, 7) is 1.53. The van der Waals surface area contributed by atoms with Crippen LogP contribution in [0.2, 0.25) is 0 Å². The third-order valence-corrected chi connectivity index (χ3v) is 4.35. The summed E-state index contributed by atoms with van der Waals surface area (Å²) in [6, 6.07) is 6.28. The Bertz CT molecular complexity index is 332. The lowest BCUT2D eigenvalue weighted by Crippen LogP contribution is -3.00. The molecule has 0 bridgehead atoms. The van der Waals surface area contributed by atoms with Crippen molar-refractivity contribution in [1.29, 1.82) is 0 Å². The fourth-order valence-corrected chi connectivity index (χ4v) is 2.93. The van der Waals surface area contributed by atoms with Crippen LogP contribution in [0.3, 0.4) is 0 Å². The van der Waals surface area contributed by atoms with Crippen LogP contribution in [0.25, 0.3) is 0 Å². The molecular weight excluding hydrogens is 350 g/mol. The minimum absolute atomic E-state index is 0. The molecule has 1 aromatic rings. The van der Waals surface area contributed by atoms with E-state index >= 15 is 0 Å². The average Bonchev–Trinajstić information content (AvgIpc) is 2.56. The quantitative estimate of drug-likeness (QED) is 0.362. The van der Waals surface area contributed by atoms with Crippen molar-refractivity contribution in [3.05, 3.63) is 30.6 Å². The minimum Gasteiger partial charge on any atom is -1.00 e. The topological polar surface area (TPSA) is 24.1 Å². The van der Waals surface area contributed by atoms with Crippen molar-refractivity contribution in [2.45, 2.75) is 90.0 Å². The first-order chi connectivity index (χ1) is 10.9. The molecule has 0 saturated carbocycles. The molecule has 0 saturated heterocycles. The van der Waals surface area contributed by atoms with Crippen molar-refractivity contribution in [2.75, 3.05) is 6.61 Å². The Morgan fingerprint density at radius 3 is 1.35 bits per heavy atom. The zero-order valence-corrected chi connectivity index (χ0v) is 16.4. The van der Waals surface area contributed by atoms with Crippen LogP contribution < -0.4 is 21.5 Å². The molecule has 0 amide bonds. The first kappa shape index (κ1) is 22.6. The van der Waals surface area contributed by atoms with Crippen molar-refractivity contribution in [3.63, 3.8) is 0 Å². The summed E-state index contributed by atoms with van der Waals surface area (Å²) in [7, 11) is 0. The minimum atomic E-state index is 0. The van der Waals surface area contributed by atoms with Crippen molar-refractivity contribution in [2.24, 2.45) is 0 Å². The number of nitrogens with zero attached hydrogens (tertiary/aromatic N) is 1. The van der Waals surface area contributed by atoms with E-state index in [9.17, 15) is 0 Å². The van der Waals surface area contributed by atoms with Crippen molar-refractivity contribution >= 4 is 0 Å². The van der Waals surface area contributed by atoms with Crippen LogP contribution in [0, 0.1) is 0 Å². The smallest absolute Gasteiger partial charge is 0.168 e. The van der Waals surface area contributed by atoms with Gasteiger partial charge in [-0.25, -0.2) is 4.57 Å². The molecule has 23 heavy (non-hydrogen) atoms. The highest BCUT2D eigenvalue weighted by Gasteiger charge is 1.98. The van der Waals surface area contributed by atoms with Crippen LogP contribution in [0.4, 0.5) is 0 Å². The second kappa shape index (κ2) is 17.9. The number of unbranched alkanes of at least 4 members (excludes halogenated alkanes) is 12. The van der Waals surface area contributed by atoms with E-state index in [0.717, 1.165) is 13.0 Å². The van der Waals surface area contributed by atoms with E-state index in [1.54, 1.807) is 0 Å². The summed E-state index contributed by atoms with van der Waals surface area (Å²) in [5, 5.41) is 8.70. The fourth-order valence-electron chi connectivity index (χ4n) is 2.93. The number of aryl methyl sites for hydroxylation is 1. The second-order valence-corrected chi connectivity index (χ2v) is 6.43. The van der Waals surface area contributed by atoms with Gasteiger partial charge in [0.1, 0.15) is 6.54 Å². The predicted molar refractivity (Wildman–Crippen MR) is 93.7 cm³/mol. The fraction of sp³-hybridized carbons (Fsp3) is 0.750. The number of aliphatic hydroxyl groups is 1. The zero-order valence-electron chi connectivity index (χ0n) is 14.8. The molecule has 1 N–H and O–H groups in total. The van der Waals surface area contributed by atoms with Gasteiger partial charge in [-0.2, -0.15) is 0 Å². The van der Waals surface area contributed by atoms with Crippen molar-refractivity contribution in [3.8, 4) is 0 Å². The number of hydrogen-bond acceptors (Lipinski definition) is 1. The van der Waals surface area contributed by atoms with Gasteiger partial charge in [-0.05, 0) is 12.8 Å².